The number of benzene rings is 2. The molecule has 0 fully saturated rings. The van der Waals surface area contributed by atoms with Crippen molar-refractivity contribution in [3.05, 3.63) is 54.3 Å². The maximum absolute atomic E-state index is 13.0. The van der Waals surface area contributed by atoms with E-state index in [1.165, 1.54) is 30.3 Å². The Bertz CT molecular complexity index is 773. The highest BCUT2D eigenvalue weighted by atomic mass is 32.2. The molecule has 138 valence electrons. The van der Waals surface area contributed by atoms with Crippen molar-refractivity contribution in [1.29, 1.82) is 0 Å². The maximum Gasteiger partial charge on any atom is 0.344 e. The first-order chi connectivity index (χ1) is 12.4. The lowest BCUT2D eigenvalue weighted by molar-refractivity contribution is -0.149. The molecule has 0 aliphatic carbocycles. The third-order valence-corrected chi connectivity index (χ3v) is 3.68. The minimum absolute atomic E-state index is 0.143. The van der Waals surface area contributed by atoms with Gasteiger partial charge in [-0.2, -0.15) is 8.78 Å². The van der Waals surface area contributed by atoms with Gasteiger partial charge in [0.1, 0.15) is 11.6 Å². The van der Waals surface area contributed by atoms with Gasteiger partial charge in [-0.05, 0) is 24.3 Å². The Labute approximate surface area is 151 Å². The first-order valence-corrected chi connectivity index (χ1v) is 8.19. The fourth-order valence-corrected chi connectivity index (χ4v) is 2.44. The van der Waals surface area contributed by atoms with E-state index >= 15 is 0 Å². The Morgan fingerprint density at radius 1 is 1.08 bits per heavy atom. The Kier molecular flexibility index (Phi) is 7.34. The van der Waals surface area contributed by atoms with E-state index < -0.39 is 36.7 Å². The molecule has 0 saturated carbocycles. The number of carbonyl (C=O) groups excluding carboxylic acids is 2. The summed E-state index contributed by atoms with van der Waals surface area (Å²) >= 11 is 0.292. The van der Waals surface area contributed by atoms with Gasteiger partial charge in [-0.3, -0.25) is 4.79 Å². The van der Waals surface area contributed by atoms with Crippen LogP contribution in [0.15, 0.2) is 53.4 Å². The summed E-state index contributed by atoms with van der Waals surface area (Å²) in [4.78, 5) is 23.5. The maximum atomic E-state index is 13.0. The molecule has 0 radical (unpaired) electrons. The number of para-hydroxylation sites is 1. The summed E-state index contributed by atoms with van der Waals surface area (Å²) in [5.41, 5.74) is 0.190. The van der Waals surface area contributed by atoms with Gasteiger partial charge < -0.3 is 14.8 Å². The lowest BCUT2D eigenvalue weighted by Gasteiger charge is -2.11. The summed E-state index contributed by atoms with van der Waals surface area (Å²) in [6, 6.07) is 11.2. The largest absolute Gasteiger partial charge is 0.482 e. The number of ether oxygens (including phenoxy) is 2. The van der Waals surface area contributed by atoms with Crippen LogP contribution in [0.5, 0.6) is 5.75 Å². The zero-order valence-corrected chi connectivity index (χ0v) is 14.1. The first kappa shape index (κ1) is 19.6. The predicted molar refractivity (Wildman–Crippen MR) is 89.8 cm³/mol. The van der Waals surface area contributed by atoms with Crippen LogP contribution in [0.25, 0.3) is 0 Å². The Morgan fingerprint density at radius 2 is 1.85 bits per heavy atom. The molecule has 1 amide bonds. The molecule has 0 atom stereocenters. The van der Waals surface area contributed by atoms with Gasteiger partial charge in [-0.1, -0.05) is 30.0 Å². The molecule has 2 aromatic carbocycles. The lowest BCUT2D eigenvalue weighted by atomic mass is 10.3. The van der Waals surface area contributed by atoms with Crippen LogP contribution in [0.1, 0.15) is 0 Å². The van der Waals surface area contributed by atoms with Crippen molar-refractivity contribution in [1.82, 2.24) is 0 Å². The van der Waals surface area contributed by atoms with Gasteiger partial charge in [0.15, 0.2) is 13.2 Å². The van der Waals surface area contributed by atoms with E-state index in [1.54, 1.807) is 12.1 Å². The molecule has 0 saturated heterocycles. The number of amides is 1. The standard InChI is InChI=1S/C17H14F3NO4S/c18-11-4-3-5-12(8-11)24-10-16(23)25-9-15(22)21-13-6-1-2-7-14(13)26-17(19)20/h1-8,17H,9-10H2,(H,21,22). The van der Waals surface area contributed by atoms with Gasteiger partial charge in [0.25, 0.3) is 11.7 Å². The SMILES string of the molecule is O=C(COC(=O)COc1cccc(F)c1)Nc1ccccc1SC(F)F. The third-order valence-electron chi connectivity index (χ3n) is 2.89. The molecule has 0 unspecified atom stereocenters. The van der Waals surface area contributed by atoms with E-state index in [0.29, 0.717) is 11.8 Å². The summed E-state index contributed by atoms with van der Waals surface area (Å²) in [6.07, 6.45) is 0. The van der Waals surface area contributed by atoms with Crippen LogP contribution < -0.4 is 10.1 Å². The van der Waals surface area contributed by atoms with Gasteiger partial charge in [-0.25, -0.2) is 9.18 Å². The van der Waals surface area contributed by atoms with Crippen LogP contribution >= 0.6 is 11.8 Å². The van der Waals surface area contributed by atoms with Crippen LogP contribution in [0, 0.1) is 5.82 Å². The Morgan fingerprint density at radius 3 is 2.58 bits per heavy atom. The molecule has 0 aliphatic rings. The van der Waals surface area contributed by atoms with Crippen LogP contribution in [0.2, 0.25) is 0 Å². The Hall–Kier alpha value is -2.68. The van der Waals surface area contributed by atoms with E-state index in [9.17, 15) is 22.8 Å². The summed E-state index contributed by atoms with van der Waals surface area (Å²) < 4.78 is 47.7. The van der Waals surface area contributed by atoms with Gasteiger partial charge in [0.05, 0.1) is 5.69 Å². The normalized spacial score (nSPS) is 10.5. The number of halogens is 3. The molecule has 0 aromatic heterocycles. The number of esters is 1. The molecule has 0 aliphatic heterocycles. The molecular weight excluding hydrogens is 371 g/mol. The van der Waals surface area contributed by atoms with E-state index in [1.807, 2.05) is 0 Å². The van der Waals surface area contributed by atoms with Crippen molar-refractivity contribution in [3.8, 4) is 5.75 Å². The average molecular weight is 385 g/mol. The van der Waals surface area contributed by atoms with Crippen molar-refractivity contribution in [2.45, 2.75) is 10.7 Å². The molecule has 0 spiro atoms. The highest BCUT2D eigenvalue weighted by Gasteiger charge is 2.13. The van der Waals surface area contributed by atoms with Crippen molar-refractivity contribution in [3.63, 3.8) is 0 Å². The highest BCUT2D eigenvalue weighted by molar-refractivity contribution is 7.99. The van der Waals surface area contributed by atoms with Crippen molar-refractivity contribution >= 4 is 29.3 Å². The molecule has 1 N–H and O–H groups in total. The summed E-state index contributed by atoms with van der Waals surface area (Å²) in [5.74, 6) is -4.53. The van der Waals surface area contributed by atoms with Crippen LogP contribution in [0.3, 0.4) is 0 Å². The van der Waals surface area contributed by atoms with Crippen LogP contribution in [0.4, 0.5) is 18.9 Å². The van der Waals surface area contributed by atoms with Crippen molar-refractivity contribution in [2.24, 2.45) is 0 Å². The summed E-state index contributed by atoms with van der Waals surface area (Å²) in [7, 11) is 0. The monoisotopic (exact) mass is 385 g/mol. The van der Waals surface area contributed by atoms with Gasteiger partial charge in [-0.15, -0.1) is 0 Å². The number of hydrogen-bond donors (Lipinski definition) is 1. The molecule has 0 bridgehead atoms. The van der Waals surface area contributed by atoms with Crippen LogP contribution in [-0.2, 0) is 14.3 Å². The summed E-state index contributed by atoms with van der Waals surface area (Å²) in [5, 5.41) is 2.39. The van der Waals surface area contributed by atoms with Crippen molar-refractivity contribution < 1.29 is 32.2 Å². The molecule has 2 rings (SSSR count). The van der Waals surface area contributed by atoms with E-state index in [4.69, 9.17) is 9.47 Å². The summed E-state index contributed by atoms with van der Waals surface area (Å²) in [6.45, 7) is -1.12. The zero-order chi connectivity index (χ0) is 18.9. The Balaban J connectivity index is 1.79. The number of anilines is 1. The van der Waals surface area contributed by atoms with Crippen LogP contribution in [-0.4, -0.2) is 30.8 Å². The molecular formula is C17H14F3NO4S. The number of alkyl halides is 2. The second-order valence-electron chi connectivity index (χ2n) is 4.83. The predicted octanol–water partition coefficient (Wildman–Crippen LogP) is 3.70. The number of thioether (sulfide) groups is 1. The molecule has 9 heteroatoms. The van der Waals surface area contributed by atoms with E-state index in [0.717, 1.165) is 6.07 Å². The average Bonchev–Trinajstić information content (AvgIpc) is 2.59. The third kappa shape index (κ3) is 6.67. The lowest BCUT2D eigenvalue weighted by Crippen LogP contribution is -2.23. The van der Waals surface area contributed by atoms with E-state index in [-0.39, 0.29) is 16.3 Å². The zero-order valence-electron chi connectivity index (χ0n) is 13.3. The number of rotatable bonds is 8. The quantitative estimate of drug-likeness (QED) is 0.555. The van der Waals surface area contributed by atoms with Gasteiger partial charge in [0, 0.05) is 11.0 Å². The topological polar surface area (TPSA) is 64.6 Å². The molecule has 26 heavy (non-hydrogen) atoms. The van der Waals surface area contributed by atoms with Crippen molar-refractivity contribution in [2.75, 3.05) is 18.5 Å². The minimum atomic E-state index is -2.63. The van der Waals surface area contributed by atoms with Gasteiger partial charge >= 0.3 is 5.97 Å². The molecule has 2 aromatic rings. The smallest absolute Gasteiger partial charge is 0.344 e. The molecule has 0 heterocycles. The minimum Gasteiger partial charge on any atom is -0.482 e. The van der Waals surface area contributed by atoms with E-state index in [2.05, 4.69) is 5.32 Å². The second-order valence-corrected chi connectivity index (χ2v) is 5.86. The number of carbonyl (C=O) groups is 2. The first-order valence-electron chi connectivity index (χ1n) is 7.31. The fraction of sp³-hybridized carbons (Fsp3) is 0.176. The highest BCUT2D eigenvalue weighted by Crippen LogP contribution is 2.31. The number of nitrogens with one attached hydrogen (secondary N) is 1. The molecule has 5 nitrogen and oxygen atoms in total. The number of hydrogen-bond acceptors (Lipinski definition) is 5. The van der Waals surface area contributed by atoms with Gasteiger partial charge in [0.2, 0.25) is 0 Å². The second kappa shape index (κ2) is 9.71. The fourth-order valence-electron chi connectivity index (χ4n) is 1.84.